The largest absolute Gasteiger partial charge is 0.248 e. The Morgan fingerprint density at radius 1 is 1.31 bits per heavy atom. The average Bonchev–Trinajstić information content (AvgIpc) is 2.02. The molecule has 2 rings (SSSR count). The van der Waals surface area contributed by atoms with E-state index in [0.29, 0.717) is 0 Å². The highest BCUT2D eigenvalue weighted by atomic mass is 127. The fourth-order valence-electron chi connectivity index (χ4n) is 2.55. The molecule has 13 heavy (non-hydrogen) atoms. The molecule has 1 heterocycles. The number of hydrogen-bond acceptors (Lipinski definition) is 2. The molecule has 2 nitrogen and oxygen atoms in total. The summed E-state index contributed by atoms with van der Waals surface area (Å²) < 4.78 is 4.80. The van der Waals surface area contributed by atoms with Crippen LogP contribution in [-0.4, -0.2) is 32.4 Å². The van der Waals surface area contributed by atoms with Gasteiger partial charge in [-0.05, 0) is 38.1 Å². The first-order valence-corrected chi connectivity index (χ1v) is 6.84. The third kappa shape index (κ3) is 2.31. The molecule has 0 N–H and O–H groups in total. The number of nitrogens with zero attached hydrogens (tertiary/aromatic N) is 2. The highest BCUT2D eigenvalue weighted by molar-refractivity contribution is 14.1. The molecule has 1 aliphatic heterocycles. The SMILES string of the molecule is CN(I)C1CC2(CCN(I)CC2)C1. The normalized spacial score (nSPS) is 29.5. The second-order valence-corrected chi connectivity index (χ2v) is 7.38. The molecule has 4 heteroatoms. The van der Waals surface area contributed by atoms with Crippen molar-refractivity contribution in [2.45, 2.75) is 31.7 Å². The molecule has 0 amide bonds. The highest BCUT2D eigenvalue weighted by Crippen LogP contribution is 2.51. The van der Waals surface area contributed by atoms with Crippen LogP contribution in [0.25, 0.3) is 0 Å². The summed E-state index contributed by atoms with van der Waals surface area (Å²) in [7, 11) is 2.20. The Morgan fingerprint density at radius 2 is 1.85 bits per heavy atom. The lowest BCUT2D eigenvalue weighted by Crippen LogP contribution is -2.50. The molecule has 1 aliphatic carbocycles. The minimum atomic E-state index is 0.742. The minimum absolute atomic E-state index is 0.742. The third-order valence-electron chi connectivity index (χ3n) is 3.61. The summed E-state index contributed by atoms with van der Waals surface area (Å²) in [6.07, 6.45) is 5.74. The lowest BCUT2D eigenvalue weighted by Gasteiger charge is -2.52. The molecule has 0 atom stereocenters. The molecule has 2 aliphatic rings. The maximum Gasteiger partial charge on any atom is 0.0201 e. The Balaban J connectivity index is 1.83. The van der Waals surface area contributed by atoms with E-state index in [9.17, 15) is 0 Å². The second-order valence-electron chi connectivity index (χ2n) is 4.50. The molecule has 0 unspecified atom stereocenters. The van der Waals surface area contributed by atoms with E-state index in [0.717, 1.165) is 11.5 Å². The van der Waals surface area contributed by atoms with Gasteiger partial charge in [0.05, 0.1) is 0 Å². The van der Waals surface area contributed by atoms with Gasteiger partial charge in [0, 0.05) is 64.9 Å². The Labute approximate surface area is 108 Å². The van der Waals surface area contributed by atoms with Crippen LogP contribution < -0.4 is 0 Å². The zero-order valence-corrected chi connectivity index (χ0v) is 12.3. The third-order valence-corrected chi connectivity index (χ3v) is 5.36. The van der Waals surface area contributed by atoms with Gasteiger partial charge in [-0.1, -0.05) is 0 Å². The predicted molar refractivity (Wildman–Crippen MR) is 72.1 cm³/mol. The first kappa shape index (κ1) is 10.9. The monoisotopic (exact) mass is 406 g/mol. The van der Waals surface area contributed by atoms with Gasteiger partial charge in [0.25, 0.3) is 0 Å². The molecule has 2 fully saturated rings. The summed E-state index contributed by atoms with van der Waals surface area (Å²) in [5.74, 6) is 0. The van der Waals surface area contributed by atoms with E-state index >= 15 is 0 Å². The summed E-state index contributed by atoms with van der Waals surface area (Å²) >= 11 is 4.88. The van der Waals surface area contributed by atoms with Gasteiger partial charge in [0.2, 0.25) is 0 Å². The zero-order valence-electron chi connectivity index (χ0n) is 7.97. The molecule has 1 saturated carbocycles. The van der Waals surface area contributed by atoms with Crippen LogP contribution in [0.15, 0.2) is 0 Å². The van der Waals surface area contributed by atoms with Gasteiger partial charge in [-0.3, -0.25) is 0 Å². The van der Waals surface area contributed by atoms with Gasteiger partial charge in [-0.15, -0.1) is 0 Å². The first-order valence-electron chi connectivity index (χ1n) is 4.91. The van der Waals surface area contributed by atoms with Gasteiger partial charge in [-0.2, -0.15) is 0 Å². The summed E-state index contributed by atoms with van der Waals surface area (Å²) in [4.78, 5) is 0. The Hall–Kier alpha value is 1.38. The topological polar surface area (TPSA) is 6.48 Å². The molecule has 0 radical (unpaired) electrons. The molecule has 76 valence electrons. The Morgan fingerprint density at radius 3 is 2.31 bits per heavy atom. The van der Waals surface area contributed by atoms with E-state index in [1.165, 1.54) is 38.8 Å². The van der Waals surface area contributed by atoms with E-state index in [4.69, 9.17) is 0 Å². The van der Waals surface area contributed by atoms with Gasteiger partial charge in [0.15, 0.2) is 0 Å². The van der Waals surface area contributed by atoms with Crippen molar-refractivity contribution in [3.63, 3.8) is 0 Å². The van der Waals surface area contributed by atoms with E-state index in [1.54, 1.807) is 0 Å². The Kier molecular flexibility index (Phi) is 3.43. The second kappa shape index (κ2) is 4.09. The van der Waals surface area contributed by atoms with Gasteiger partial charge in [0.1, 0.15) is 0 Å². The molecular weight excluding hydrogens is 390 g/mol. The van der Waals surface area contributed by atoms with Crippen molar-refractivity contribution in [2.24, 2.45) is 5.41 Å². The molecule has 0 aromatic rings. The van der Waals surface area contributed by atoms with Gasteiger partial charge >= 0.3 is 0 Å². The molecule has 0 aromatic heterocycles. The number of hydrogen-bond donors (Lipinski definition) is 0. The maximum atomic E-state index is 2.45. The molecule has 1 spiro atoms. The zero-order chi connectivity index (χ0) is 9.47. The van der Waals surface area contributed by atoms with Crippen molar-refractivity contribution in [3.05, 3.63) is 0 Å². The van der Waals surface area contributed by atoms with Crippen molar-refractivity contribution >= 4 is 45.7 Å². The average molecular weight is 406 g/mol. The Bertz CT molecular complexity index is 180. The summed E-state index contributed by atoms with van der Waals surface area (Å²) in [5, 5.41) is 0. The summed E-state index contributed by atoms with van der Waals surface area (Å²) in [5.41, 5.74) is 0.742. The van der Waals surface area contributed by atoms with Gasteiger partial charge < -0.3 is 0 Å². The van der Waals surface area contributed by atoms with Crippen LogP contribution in [0, 0.1) is 5.41 Å². The number of rotatable bonds is 1. The van der Waals surface area contributed by atoms with E-state index in [-0.39, 0.29) is 0 Å². The van der Waals surface area contributed by atoms with Crippen LogP contribution in [-0.2, 0) is 0 Å². The lowest BCUT2D eigenvalue weighted by atomic mass is 9.61. The fourth-order valence-corrected chi connectivity index (χ4v) is 3.43. The summed E-state index contributed by atoms with van der Waals surface area (Å²) in [6, 6.07) is 0.862. The lowest BCUT2D eigenvalue weighted by molar-refractivity contribution is 0.0159. The standard InChI is InChI=1S/C9H16I2N2/c1-12(10)8-6-9(7-8)2-4-13(11)5-3-9/h8H,2-7H2,1H3. The van der Waals surface area contributed by atoms with Gasteiger partial charge in [-0.25, -0.2) is 6.23 Å². The van der Waals surface area contributed by atoms with Crippen LogP contribution in [0.2, 0.25) is 0 Å². The molecule has 1 saturated heterocycles. The molecular formula is C9H16I2N2. The van der Waals surface area contributed by atoms with Crippen LogP contribution in [0.5, 0.6) is 0 Å². The molecule has 0 aromatic carbocycles. The van der Waals surface area contributed by atoms with E-state index in [2.05, 4.69) is 59.0 Å². The molecule has 0 bridgehead atoms. The summed E-state index contributed by atoms with van der Waals surface area (Å²) in [6.45, 7) is 2.61. The minimum Gasteiger partial charge on any atom is -0.248 e. The quantitative estimate of drug-likeness (QED) is 0.489. The fraction of sp³-hybridized carbons (Fsp3) is 1.00. The number of halogens is 2. The van der Waals surface area contributed by atoms with E-state index in [1.807, 2.05) is 0 Å². The highest BCUT2D eigenvalue weighted by Gasteiger charge is 2.46. The van der Waals surface area contributed by atoms with Crippen LogP contribution in [0.4, 0.5) is 0 Å². The maximum absolute atomic E-state index is 2.45. The van der Waals surface area contributed by atoms with Crippen molar-refractivity contribution < 1.29 is 0 Å². The van der Waals surface area contributed by atoms with Crippen molar-refractivity contribution in [2.75, 3.05) is 20.1 Å². The van der Waals surface area contributed by atoms with Crippen LogP contribution >= 0.6 is 45.7 Å². The van der Waals surface area contributed by atoms with Crippen molar-refractivity contribution in [1.82, 2.24) is 6.23 Å². The number of piperidine rings is 1. The smallest absolute Gasteiger partial charge is 0.0201 e. The van der Waals surface area contributed by atoms with Crippen molar-refractivity contribution in [3.8, 4) is 0 Å². The van der Waals surface area contributed by atoms with Crippen molar-refractivity contribution in [1.29, 1.82) is 0 Å². The first-order chi connectivity index (χ1) is 6.11. The van der Waals surface area contributed by atoms with Crippen LogP contribution in [0.3, 0.4) is 0 Å². The van der Waals surface area contributed by atoms with Crippen LogP contribution in [0.1, 0.15) is 25.7 Å². The predicted octanol–water partition coefficient (Wildman–Crippen LogP) is 2.86. The van der Waals surface area contributed by atoms with E-state index < -0.39 is 0 Å².